The maximum Gasteiger partial charge on any atom is 0.212 e. The fourth-order valence-corrected chi connectivity index (χ4v) is 0.894. The molecule has 3 heteroatoms. The van der Waals surface area contributed by atoms with Gasteiger partial charge < -0.3 is 5.73 Å². The molecular weight excluding hydrogens is 155 g/mol. The van der Waals surface area contributed by atoms with Crippen LogP contribution < -0.4 is 5.73 Å². The molecule has 1 rings (SSSR count). The topological polar surface area (TPSA) is 38.9 Å². The largest absolute Gasteiger partial charge is 0.330 e. The highest BCUT2D eigenvalue weighted by molar-refractivity contribution is 5.20. The molecule has 0 radical (unpaired) electrons. The van der Waals surface area contributed by atoms with E-state index >= 15 is 0 Å². The van der Waals surface area contributed by atoms with Crippen molar-refractivity contribution in [3.05, 3.63) is 29.8 Å². The van der Waals surface area contributed by atoms with Gasteiger partial charge in [0, 0.05) is 18.2 Å². The Morgan fingerprint density at radius 3 is 2.58 bits per heavy atom. The molecule has 0 saturated carbocycles. The van der Waals surface area contributed by atoms with Crippen LogP contribution in [0.1, 0.15) is 19.4 Å². The van der Waals surface area contributed by atoms with E-state index in [1.54, 1.807) is 6.07 Å². The molecule has 1 heterocycles. The summed E-state index contributed by atoms with van der Waals surface area (Å²) >= 11 is 0. The molecule has 0 spiro atoms. The van der Waals surface area contributed by atoms with Gasteiger partial charge in [0.1, 0.15) is 0 Å². The van der Waals surface area contributed by atoms with Crippen LogP contribution in [0.5, 0.6) is 0 Å². The second-order valence-electron chi connectivity index (χ2n) is 3.46. The summed E-state index contributed by atoms with van der Waals surface area (Å²) in [5.74, 6) is -0.452. The van der Waals surface area contributed by atoms with E-state index in [2.05, 4.69) is 4.98 Å². The molecule has 0 unspecified atom stereocenters. The van der Waals surface area contributed by atoms with Crippen LogP contribution >= 0.6 is 0 Å². The SMILES string of the molecule is CC(C)(CN)c1ccc(F)nc1. The number of pyridine rings is 1. The smallest absolute Gasteiger partial charge is 0.212 e. The third-order valence-electron chi connectivity index (χ3n) is 2.02. The highest BCUT2D eigenvalue weighted by atomic mass is 19.1. The first-order valence-corrected chi connectivity index (χ1v) is 3.88. The van der Waals surface area contributed by atoms with Crippen molar-refractivity contribution in [3.8, 4) is 0 Å². The lowest BCUT2D eigenvalue weighted by atomic mass is 9.86. The molecule has 0 atom stereocenters. The Morgan fingerprint density at radius 2 is 2.17 bits per heavy atom. The zero-order chi connectivity index (χ0) is 9.19. The Labute approximate surface area is 71.6 Å². The average molecular weight is 168 g/mol. The molecule has 2 nitrogen and oxygen atoms in total. The molecule has 1 aromatic heterocycles. The van der Waals surface area contributed by atoms with Gasteiger partial charge in [0.2, 0.25) is 5.95 Å². The lowest BCUT2D eigenvalue weighted by molar-refractivity contribution is 0.527. The van der Waals surface area contributed by atoms with Crippen molar-refractivity contribution in [2.45, 2.75) is 19.3 Å². The summed E-state index contributed by atoms with van der Waals surface area (Å²) in [5.41, 5.74) is 6.39. The summed E-state index contributed by atoms with van der Waals surface area (Å²) < 4.78 is 12.4. The van der Waals surface area contributed by atoms with E-state index in [1.807, 2.05) is 13.8 Å². The fourth-order valence-electron chi connectivity index (χ4n) is 0.894. The van der Waals surface area contributed by atoms with E-state index in [4.69, 9.17) is 5.73 Å². The van der Waals surface area contributed by atoms with Gasteiger partial charge in [-0.3, -0.25) is 0 Å². The lowest BCUT2D eigenvalue weighted by Gasteiger charge is -2.21. The van der Waals surface area contributed by atoms with Crippen molar-refractivity contribution >= 4 is 0 Å². The molecule has 0 fully saturated rings. The van der Waals surface area contributed by atoms with Gasteiger partial charge >= 0.3 is 0 Å². The number of hydrogen-bond acceptors (Lipinski definition) is 2. The van der Waals surface area contributed by atoms with Crippen molar-refractivity contribution in [1.82, 2.24) is 4.98 Å². The summed E-state index contributed by atoms with van der Waals surface area (Å²) in [6.45, 7) is 4.53. The van der Waals surface area contributed by atoms with Gasteiger partial charge in [0.05, 0.1) is 0 Å². The van der Waals surface area contributed by atoms with Crippen LogP contribution in [0.25, 0.3) is 0 Å². The maximum atomic E-state index is 12.4. The van der Waals surface area contributed by atoms with Crippen molar-refractivity contribution in [2.24, 2.45) is 5.73 Å². The van der Waals surface area contributed by atoms with Gasteiger partial charge in [0.25, 0.3) is 0 Å². The third kappa shape index (κ3) is 1.80. The second kappa shape index (κ2) is 3.19. The Kier molecular flexibility index (Phi) is 2.43. The highest BCUT2D eigenvalue weighted by Gasteiger charge is 2.18. The number of rotatable bonds is 2. The van der Waals surface area contributed by atoms with Gasteiger partial charge in [-0.05, 0) is 11.6 Å². The van der Waals surface area contributed by atoms with E-state index in [-0.39, 0.29) is 5.41 Å². The van der Waals surface area contributed by atoms with Crippen molar-refractivity contribution in [2.75, 3.05) is 6.54 Å². The van der Waals surface area contributed by atoms with Crippen molar-refractivity contribution < 1.29 is 4.39 Å². The molecule has 0 amide bonds. The Balaban J connectivity index is 2.96. The second-order valence-corrected chi connectivity index (χ2v) is 3.46. The van der Waals surface area contributed by atoms with Gasteiger partial charge in [-0.25, -0.2) is 4.98 Å². The minimum absolute atomic E-state index is 0.124. The molecule has 0 aliphatic carbocycles. The maximum absolute atomic E-state index is 12.4. The van der Waals surface area contributed by atoms with Crippen LogP contribution in [0.3, 0.4) is 0 Å². The van der Waals surface area contributed by atoms with Gasteiger partial charge in [-0.1, -0.05) is 19.9 Å². The molecule has 66 valence electrons. The minimum atomic E-state index is -0.452. The molecule has 1 aromatic rings. The Bertz CT molecular complexity index is 254. The fraction of sp³-hybridized carbons (Fsp3) is 0.444. The summed E-state index contributed by atoms with van der Waals surface area (Å²) in [7, 11) is 0. The lowest BCUT2D eigenvalue weighted by Crippen LogP contribution is -2.28. The summed E-state index contributed by atoms with van der Waals surface area (Å²) in [6, 6.07) is 3.07. The van der Waals surface area contributed by atoms with E-state index < -0.39 is 5.95 Å². The third-order valence-corrected chi connectivity index (χ3v) is 2.02. The highest BCUT2D eigenvalue weighted by Crippen LogP contribution is 2.20. The summed E-state index contributed by atoms with van der Waals surface area (Å²) in [6.07, 6.45) is 1.53. The van der Waals surface area contributed by atoms with Gasteiger partial charge in [-0.2, -0.15) is 4.39 Å². The monoisotopic (exact) mass is 168 g/mol. The quantitative estimate of drug-likeness (QED) is 0.679. The van der Waals surface area contributed by atoms with Crippen LogP contribution in [-0.2, 0) is 5.41 Å². The zero-order valence-corrected chi connectivity index (χ0v) is 7.34. The van der Waals surface area contributed by atoms with E-state index in [0.29, 0.717) is 6.54 Å². The first kappa shape index (κ1) is 9.13. The van der Waals surface area contributed by atoms with E-state index in [1.165, 1.54) is 12.3 Å². The van der Waals surface area contributed by atoms with E-state index in [9.17, 15) is 4.39 Å². The Hall–Kier alpha value is -0.960. The average Bonchev–Trinajstić information content (AvgIpc) is 2.05. The van der Waals surface area contributed by atoms with E-state index in [0.717, 1.165) is 5.56 Å². The number of hydrogen-bond donors (Lipinski definition) is 1. The molecule has 2 N–H and O–H groups in total. The molecule has 0 aliphatic heterocycles. The zero-order valence-electron chi connectivity index (χ0n) is 7.34. The standard InChI is InChI=1S/C9H13FN2/c1-9(2,6-11)7-3-4-8(10)12-5-7/h3-5H,6,11H2,1-2H3. The van der Waals surface area contributed by atoms with Gasteiger partial charge in [0.15, 0.2) is 0 Å². The molecule has 0 saturated heterocycles. The number of aromatic nitrogens is 1. The first-order valence-electron chi connectivity index (χ1n) is 3.88. The van der Waals surface area contributed by atoms with Crippen LogP contribution in [0.2, 0.25) is 0 Å². The Morgan fingerprint density at radius 1 is 1.50 bits per heavy atom. The molecule has 12 heavy (non-hydrogen) atoms. The van der Waals surface area contributed by atoms with Gasteiger partial charge in [-0.15, -0.1) is 0 Å². The van der Waals surface area contributed by atoms with Crippen LogP contribution in [0.15, 0.2) is 18.3 Å². The summed E-state index contributed by atoms with van der Waals surface area (Å²) in [5, 5.41) is 0. The predicted octanol–water partition coefficient (Wildman–Crippen LogP) is 1.46. The number of halogens is 1. The minimum Gasteiger partial charge on any atom is -0.330 e. The number of nitrogens with two attached hydrogens (primary N) is 1. The predicted molar refractivity (Wildman–Crippen MR) is 46.3 cm³/mol. The number of nitrogens with zero attached hydrogens (tertiary/aromatic N) is 1. The van der Waals surface area contributed by atoms with Crippen LogP contribution in [0.4, 0.5) is 4.39 Å². The molecule has 0 bridgehead atoms. The van der Waals surface area contributed by atoms with Crippen LogP contribution in [0, 0.1) is 5.95 Å². The first-order chi connectivity index (χ1) is 5.56. The molecule has 0 aromatic carbocycles. The normalized spacial score (nSPS) is 11.7. The van der Waals surface area contributed by atoms with Crippen molar-refractivity contribution in [1.29, 1.82) is 0 Å². The molecular formula is C9H13FN2. The van der Waals surface area contributed by atoms with Crippen LogP contribution in [-0.4, -0.2) is 11.5 Å². The van der Waals surface area contributed by atoms with Crippen molar-refractivity contribution in [3.63, 3.8) is 0 Å². The summed E-state index contributed by atoms with van der Waals surface area (Å²) in [4.78, 5) is 3.57. The molecule has 0 aliphatic rings.